The molecule has 0 spiro atoms. The van der Waals surface area contributed by atoms with Gasteiger partial charge in [0.15, 0.2) is 5.65 Å². The normalized spacial score (nSPS) is 12.0. The van der Waals surface area contributed by atoms with Crippen molar-refractivity contribution in [2.45, 2.75) is 53.1 Å². The Balaban J connectivity index is 1.94. The van der Waals surface area contributed by atoms with Crippen LogP contribution < -0.4 is 10.6 Å². The number of aromatic nitrogens is 5. The number of fused-ring (bicyclic) bond motifs is 1. The van der Waals surface area contributed by atoms with E-state index < -0.39 is 0 Å². The van der Waals surface area contributed by atoms with Crippen molar-refractivity contribution in [3.63, 3.8) is 0 Å². The molecule has 3 aromatic heterocycles. The van der Waals surface area contributed by atoms with Gasteiger partial charge in [-0.25, -0.2) is 14.2 Å². The standard InChI is InChI=1S/C18H25N7O/c1-11(2)20-14-7-8-24-16(21-14)13(10-19-24)17(26)22-15-9-12(3)23-25(15)18(4,5)6/h7-11H,1-6H3,(H,20,21)(H,22,26). The Morgan fingerprint density at radius 2 is 2.00 bits per heavy atom. The quantitative estimate of drug-likeness (QED) is 0.751. The van der Waals surface area contributed by atoms with Gasteiger partial charge in [-0.15, -0.1) is 0 Å². The van der Waals surface area contributed by atoms with E-state index in [2.05, 4.69) is 25.8 Å². The largest absolute Gasteiger partial charge is 0.368 e. The number of hydrogen-bond acceptors (Lipinski definition) is 5. The zero-order valence-corrected chi connectivity index (χ0v) is 16.0. The van der Waals surface area contributed by atoms with E-state index >= 15 is 0 Å². The van der Waals surface area contributed by atoms with Gasteiger partial charge in [0.1, 0.15) is 17.2 Å². The first-order valence-corrected chi connectivity index (χ1v) is 8.64. The van der Waals surface area contributed by atoms with Crippen molar-refractivity contribution < 1.29 is 4.79 Å². The lowest BCUT2D eigenvalue weighted by molar-refractivity contribution is 0.102. The highest BCUT2D eigenvalue weighted by molar-refractivity contribution is 6.07. The molecule has 8 nitrogen and oxygen atoms in total. The lowest BCUT2D eigenvalue weighted by Gasteiger charge is -2.22. The summed E-state index contributed by atoms with van der Waals surface area (Å²) in [5, 5.41) is 14.9. The van der Waals surface area contributed by atoms with Crippen molar-refractivity contribution in [1.29, 1.82) is 0 Å². The van der Waals surface area contributed by atoms with Crippen LogP contribution in [0.3, 0.4) is 0 Å². The van der Waals surface area contributed by atoms with Gasteiger partial charge in [0.05, 0.1) is 17.4 Å². The average molecular weight is 355 g/mol. The molecule has 0 aromatic carbocycles. The molecule has 0 fully saturated rings. The molecule has 2 N–H and O–H groups in total. The first kappa shape index (κ1) is 17.9. The number of amides is 1. The first-order valence-electron chi connectivity index (χ1n) is 8.64. The predicted octanol–water partition coefficient (Wildman–Crippen LogP) is 3.06. The smallest absolute Gasteiger partial charge is 0.262 e. The van der Waals surface area contributed by atoms with Crippen molar-refractivity contribution >= 4 is 23.2 Å². The zero-order valence-electron chi connectivity index (χ0n) is 16.0. The van der Waals surface area contributed by atoms with Crippen molar-refractivity contribution in [2.75, 3.05) is 10.6 Å². The number of aryl methyl sites for hydroxylation is 1. The topological polar surface area (TPSA) is 89.1 Å². The monoisotopic (exact) mass is 355 g/mol. The third-order valence-electron chi connectivity index (χ3n) is 3.76. The Morgan fingerprint density at radius 1 is 1.27 bits per heavy atom. The van der Waals surface area contributed by atoms with Crippen molar-refractivity contribution in [3.05, 3.63) is 35.8 Å². The van der Waals surface area contributed by atoms with Crippen LogP contribution in [0.5, 0.6) is 0 Å². The second kappa shape index (κ2) is 6.44. The van der Waals surface area contributed by atoms with E-state index in [0.29, 0.717) is 22.8 Å². The predicted molar refractivity (Wildman–Crippen MR) is 102 cm³/mol. The molecule has 3 aromatic rings. The van der Waals surface area contributed by atoms with E-state index in [1.807, 2.05) is 58.4 Å². The molecular formula is C18H25N7O. The van der Waals surface area contributed by atoms with Crippen LogP contribution in [0.1, 0.15) is 50.7 Å². The number of carbonyl (C=O) groups is 1. The summed E-state index contributed by atoms with van der Waals surface area (Å²) in [5.74, 6) is 1.09. The minimum atomic E-state index is -0.264. The number of nitrogens with zero attached hydrogens (tertiary/aromatic N) is 5. The molecule has 0 aliphatic heterocycles. The van der Waals surface area contributed by atoms with Gasteiger partial charge in [0, 0.05) is 18.3 Å². The van der Waals surface area contributed by atoms with E-state index in [-0.39, 0.29) is 17.5 Å². The molecule has 138 valence electrons. The van der Waals surface area contributed by atoms with E-state index in [0.717, 1.165) is 5.69 Å². The summed E-state index contributed by atoms with van der Waals surface area (Å²) >= 11 is 0. The number of hydrogen-bond donors (Lipinski definition) is 2. The molecule has 0 aliphatic carbocycles. The average Bonchev–Trinajstić information content (AvgIpc) is 3.09. The van der Waals surface area contributed by atoms with Gasteiger partial charge in [0.2, 0.25) is 0 Å². The maximum Gasteiger partial charge on any atom is 0.262 e. The molecule has 3 heterocycles. The van der Waals surface area contributed by atoms with Gasteiger partial charge in [0.25, 0.3) is 5.91 Å². The summed E-state index contributed by atoms with van der Waals surface area (Å²) in [5.41, 5.74) is 1.52. The first-order chi connectivity index (χ1) is 12.1. The SMILES string of the molecule is Cc1cc(NC(=O)c2cnn3ccc(NC(C)C)nc23)n(C(C)(C)C)n1. The van der Waals surface area contributed by atoms with E-state index in [9.17, 15) is 4.79 Å². The lowest BCUT2D eigenvalue weighted by atomic mass is 10.1. The molecule has 0 atom stereocenters. The molecule has 8 heteroatoms. The fourth-order valence-electron chi connectivity index (χ4n) is 2.69. The van der Waals surface area contributed by atoms with Crippen LogP contribution in [0, 0.1) is 6.92 Å². The summed E-state index contributed by atoms with van der Waals surface area (Å²) < 4.78 is 3.40. The van der Waals surface area contributed by atoms with Crippen LogP contribution in [0.25, 0.3) is 5.65 Å². The van der Waals surface area contributed by atoms with Gasteiger partial charge in [-0.3, -0.25) is 4.79 Å². The molecule has 26 heavy (non-hydrogen) atoms. The van der Waals surface area contributed by atoms with Crippen LogP contribution >= 0.6 is 0 Å². The third kappa shape index (κ3) is 3.54. The number of anilines is 2. The molecule has 0 saturated heterocycles. The molecule has 3 rings (SSSR count). The Bertz CT molecular complexity index is 946. The minimum absolute atomic E-state index is 0.245. The summed E-state index contributed by atoms with van der Waals surface area (Å²) in [6.07, 6.45) is 3.31. The van der Waals surface area contributed by atoms with Crippen molar-refractivity contribution in [3.8, 4) is 0 Å². The van der Waals surface area contributed by atoms with Crippen LogP contribution in [-0.4, -0.2) is 36.3 Å². The van der Waals surface area contributed by atoms with Gasteiger partial charge in [-0.2, -0.15) is 10.2 Å². The molecule has 0 radical (unpaired) electrons. The fraction of sp³-hybridized carbons (Fsp3) is 0.444. The van der Waals surface area contributed by atoms with Gasteiger partial charge >= 0.3 is 0 Å². The highest BCUT2D eigenvalue weighted by atomic mass is 16.1. The minimum Gasteiger partial charge on any atom is -0.368 e. The zero-order chi connectivity index (χ0) is 19.1. The van der Waals surface area contributed by atoms with Gasteiger partial charge in [-0.05, 0) is 47.6 Å². The van der Waals surface area contributed by atoms with E-state index in [4.69, 9.17) is 0 Å². The van der Waals surface area contributed by atoms with Gasteiger partial charge < -0.3 is 10.6 Å². The van der Waals surface area contributed by atoms with Crippen LogP contribution in [0.2, 0.25) is 0 Å². The van der Waals surface area contributed by atoms with Crippen LogP contribution in [0.15, 0.2) is 24.5 Å². The Kier molecular flexibility index (Phi) is 4.43. The lowest BCUT2D eigenvalue weighted by Crippen LogP contribution is -2.26. The molecule has 1 amide bonds. The molecule has 0 bridgehead atoms. The Hall–Kier alpha value is -2.90. The number of carbonyl (C=O) groups excluding carboxylic acids is 1. The van der Waals surface area contributed by atoms with Crippen LogP contribution in [-0.2, 0) is 5.54 Å². The highest BCUT2D eigenvalue weighted by Gasteiger charge is 2.22. The molecular weight excluding hydrogens is 330 g/mol. The number of rotatable bonds is 4. The molecule has 0 aliphatic rings. The third-order valence-corrected chi connectivity index (χ3v) is 3.76. The molecule has 0 unspecified atom stereocenters. The maximum absolute atomic E-state index is 12.8. The van der Waals surface area contributed by atoms with E-state index in [1.165, 1.54) is 6.20 Å². The van der Waals surface area contributed by atoms with E-state index in [1.54, 1.807) is 10.7 Å². The number of nitrogens with one attached hydrogen (secondary N) is 2. The summed E-state index contributed by atoms with van der Waals surface area (Å²) in [4.78, 5) is 17.4. The molecule has 0 saturated carbocycles. The van der Waals surface area contributed by atoms with Crippen LogP contribution in [0.4, 0.5) is 11.6 Å². The summed E-state index contributed by atoms with van der Waals surface area (Å²) in [6.45, 7) is 12.1. The summed E-state index contributed by atoms with van der Waals surface area (Å²) in [7, 11) is 0. The fourth-order valence-corrected chi connectivity index (χ4v) is 2.69. The van der Waals surface area contributed by atoms with Crippen molar-refractivity contribution in [2.24, 2.45) is 0 Å². The maximum atomic E-state index is 12.8. The Labute approximate surface area is 152 Å². The highest BCUT2D eigenvalue weighted by Crippen LogP contribution is 2.22. The van der Waals surface area contributed by atoms with Crippen molar-refractivity contribution in [1.82, 2.24) is 24.4 Å². The Morgan fingerprint density at radius 3 is 2.65 bits per heavy atom. The summed E-state index contributed by atoms with van der Waals surface area (Å²) in [6, 6.07) is 3.93. The second-order valence-corrected chi connectivity index (χ2v) is 7.65. The second-order valence-electron chi connectivity index (χ2n) is 7.65. The van der Waals surface area contributed by atoms with Gasteiger partial charge in [-0.1, -0.05) is 0 Å².